The molecule has 0 spiro atoms. The van der Waals surface area contributed by atoms with E-state index in [1.165, 1.54) is 40.5 Å². The highest BCUT2D eigenvalue weighted by molar-refractivity contribution is 5.75. The van der Waals surface area contributed by atoms with E-state index >= 15 is 0 Å². The lowest BCUT2D eigenvalue weighted by Crippen LogP contribution is -2.29. The maximum atomic E-state index is 11.7. The molecule has 0 unspecified atom stereocenters. The van der Waals surface area contributed by atoms with Gasteiger partial charge in [0.2, 0.25) is 0 Å². The van der Waals surface area contributed by atoms with Crippen LogP contribution in [0.2, 0.25) is 0 Å². The number of carbonyl (C=O) groups excluding carboxylic acids is 1. The normalized spacial score (nSPS) is 10.5. The third kappa shape index (κ3) is 5.26. The van der Waals surface area contributed by atoms with E-state index in [-0.39, 0.29) is 49.5 Å². The number of hydrogen-bond donors (Lipinski definition) is 3. The van der Waals surface area contributed by atoms with E-state index in [9.17, 15) is 28.8 Å². The number of ether oxygens (including phenoxy) is 1. The monoisotopic (exact) mass is 492 g/mol. The first-order valence-electron chi connectivity index (χ1n) is 9.70. The first-order chi connectivity index (χ1) is 16.0. The zero-order valence-corrected chi connectivity index (χ0v) is 18.3. The van der Waals surface area contributed by atoms with Gasteiger partial charge in [-0.05, 0) is 6.92 Å². The molecule has 4 aromatic heterocycles. The first-order valence-corrected chi connectivity index (χ1v) is 9.70. The van der Waals surface area contributed by atoms with Crippen molar-refractivity contribution >= 4 is 34.3 Å². The third-order valence-corrected chi connectivity index (χ3v) is 4.66. The first kappa shape index (κ1) is 26.5. The number of aromatic nitrogens is 8. The summed E-state index contributed by atoms with van der Waals surface area (Å²) in [5.41, 5.74) is -1.71. The Balaban J connectivity index is 0.000000241. The van der Waals surface area contributed by atoms with Gasteiger partial charge in [0.15, 0.2) is 22.3 Å². The van der Waals surface area contributed by atoms with Crippen LogP contribution in [0.3, 0.4) is 0 Å². The highest BCUT2D eigenvalue weighted by Crippen LogP contribution is 2.05. The third-order valence-electron chi connectivity index (χ3n) is 4.66. The summed E-state index contributed by atoms with van der Waals surface area (Å²) in [6, 6.07) is 0. The van der Waals surface area contributed by atoms with Gasteiger partial charge in [-0.1, -0.05) is 7.43 Å². The molecule has 0 atom stereocenters. The lowest BCUT2D eigenvalue weighted by molar-refractivity contribution is -0.143. The number of aryl methyl sites for hydroxylation is 2. The summed E-state index contributed by atoms with van der Waals surface area (Å²) in [5, 5.41) is 8.63. The van der Waals surface area contributed by atoms with Crippen molar-refractivity contribution in [3.8, 4) is 0 Å². The summed E-state index contributed by atoms with van der Waals surface area (Å²) >= 11 is 0. The largest absolute Gasteiger partial charge is 0.480 e. The molecule has 35 heavy (non-hydrogen) atoms. The Hall–Kier alpha value is -4.76. The molecule has 16 heteroatoms. The lowest BCUT2D eigenvalue weighted by atomic mass is 10.5. The van der Waals surface area contributed by atoms with Crippen LogP contribution in [0, 0.1) is 0 Å². The Labute approximate surface area is 195 Å². The van der Waals surface area contributed by atoms with Crippen LogP contribution >= 0.6 is 0 Å². The number of imidazole rings is 2. The Kier molecular flexibility index (Phi) is 7.91. The van der Waals surface area contributed by atoms with E-state index in [1.54, 1.807) is 6.92 Å². The second-order valence-electron chi connectivity index (χ2n) is 6.92. The molecule has 0 aliphatic carbocycles. The van der Waals surface area contributed by atoms with Crippen LogP contribution in [0.4, 0.5) is 0 Å². The number of hydrogen-bond acceptors (Lipinski definition) is 9. The van der Waals surface area contributed by atoms with E-state index < -0.39 is 34.4 Å². The van der Waals surface area contributed by atoms with Gasteiger partial charge in [-0.2, -0.15) is 0 Å². The second-order valence-corrected chi connectivity index (χ2v) is 6.92. The smallest absolute Gasteiger partial charge is 0.329 e. The number of nitrogens with one attached hydrogen (secondary N) is 2. The van der Waals surface area contributed by atoms with Gasteiger partial charge in [0, 0.05) is 14.1 Å². The molecule has 0 aliphatic heterocycles. The van der Waals surface area contributed by atoms with E-state index in [1.807, 2.05) is 0 Å². The minimum atomic E-state index is -1.09. The van der Waals surface area contributed by atoms with Gasteiger partial charge in [-0.25, -0.2) is 19.6 Å². The zero-order valence-electron chi connectivity index (χ0n) is 18.3. The standard InChI is InChI=1S/C10H12N4O4.C8H8N4O4.CH4/c1-3-18-6(15)4-14-5-11-8-7(14)9(16)12-10(17)13(8)2;1-11-6-5(7(15)10-8(11)16)12(3-9-6)2-4(13)14;/h5H,3-4H2,1-2H3,(H,12,16,17);3H,2H2,1H3,(H,13,14)(H,10,15,16);1H4. The minimum absolute atomic E-state index is 0. The van der Waals surface area contributed by atoms with Crippen LogP contribution in [0.25, 0.3) is 22.3 Å². The predicted octanol–water partition coefficient (Wildman–Crippen LogP) is -1.87. The quantitative estimate of drug-likeness (QED) is 0.264. The number of rotatable bonds is 5. The van der Waals surface area contributed by atoms with E-state index in [0.717, 1.165) is 4.57 Å². The van der Waals surface area contributed by atoms with Gasteiger partial charge in [-0.3, -0.25) is 38.3 Å². The van der Waals surface area contributed by atoms with Crippen LogP contribution < -0.4 is 22.5 Å². The molecule has 16 nitrogen and oxygen atoms in total. The second kappa shape index (κ2) is 10.4. The molecule has 188 valence electrons. The van der Waals surface area contributed by atoms with Crippen LogP contribution in [0.1, 0.15) is 14.4 Å². The molecule has 0 amide bonds. The molecule has 0 aliphatic rings. The number of carboxylic acids is 1. The molecular weight excluding hydrogens is 468 g/mol. The summed E-state index contributed by atoms with van der Waals surface area (Å²) in [6.07, 6.45) is 2.55. The highest BCUT2D eigenvalue weighted by atomic mass is 16.5. The number of carboxylic acid groups (broad SMARTS) is 1. The molecule has 0 aromatic carbocycles. The Morgan fingerprint density at radius 1 is 0.886 bits per heavy atom. The van der Waals surface area contributed by atoms with Crippen molar-refractivity contribution in [3.05, 3.63) is 54.3 Å². The molecule has 0 saturated heterocycles. The van der Waals surface area contributed by atoms with E-state index in [4.69, 9.17) is 9.84 Å². The number of aromatic amines is 2. The lowest BCUT2D eigenvalue weighted by Gasteiger charge is -2.03. The summed E-state index contributed by atoms with van der Waals surface area (Å²) in [7, 11) is 2.93. The molecule has 4 aromatic rings. The van der Waals surface area contributed by atoms with E-state index in [2.05, 4.69) is 19.9 Å². The molecular formula is C19H24N8O8. The van der Waals surface area contributed by atoms with Crippen LogP contribution in [-0.2, 0) is 41.5 Å². The van der Waals surface area contributed by atoms with Crippen molar-refractivity contribution in [1.82, 2.24) is 38.2 Å². The van der Waals surface area contributed by atoms with Gasteiger partial charge in [0.25, 0.3) is 11.1 Å². The van der Waals surface area contributed by atoms with Gasteiger partial charge >= 0.3 is 23.3 Å². The van der Waals surface area contributed by atoms with Crippen LogP contribution in [0.15, 0.2) is 31.8 Å². The Morgan fingerprint density at radius 2 is 1.31 bits per heavy atom. The van der Waals surface area contributed by atoms with Crippen molar-refractivity contribution in [2.75, 3.05) is 6.61 Å². The number of nitrogens with zero attached hydrogens (tertiary/aromatic N) is 6. The fraction of sp³-hybridized carbons (Fsp3) is 0.368. The SMILES string of the molecule is C.CCOC(=O)Cn1cnc2c1c(=O)[nH]c(=O)n2C.Cn1c(=O)[nH]c(=O)c2c1ncn2CC(=O)O. The van der Waals surface area contributed by atoms with Gasteiger partial charge in [-0.15, -0.1) is 0 Å². The summed E-state index contributed by atoms with van der Waals surface area (Å²) < 4.78 is 9.67. The summed E-state index contributed by atoms with van der Waals surface area (Å²) in [6.45, 7) is 1.46. The molecule has 4 rings (SSSR count). The number of carbonyl (C=O) groups is 2. The fourth-order valence-electron chi connectivity index (χ4n) is 3.10. The maximum Gasteiger partial charge on any atom is 0.329 e. The van der Waals surface area contributed by atoms with Crippen molar-refractivity contribution in [2.45, 2.75) is 27.4 Å². The highest BCUT2D eigenvalue weighted by Gasteiger charge is 2.14. The minimum Gasteiger partial charge on any atom is -0.480 e. The topological polar surface area (TPSA) is 209 Å². The van der Waals surface area contributed by atoms with Crippen molar-refractivity contribution in [1.29, 1.82) is 0 Å². The van der Waals surface area contributed by atoms with Crippen molar-refractivity contribution in [3.63, 3.8) is 0 Å². The molecule has 0 radical (unpaired) electrons. The molecule has 0 fully saturated rings. The zero-order chi connectivity index (χ0) is 25.2. The molecule has 0 bridgehead atoms. The van der Waals surface area contributed by atoms with Gasteiger partial charge < -0.3 is 19.0 Å². The van der Waals surface area contributed by atoms with Crippen molar-refractivity contribution in [2.24, 2.45) is 14.1 Å². The summed E-state index contributed by atoms with van der Waals surface area (Å²) in [4.78, 5) is 79.7. The van der Waals surface area contributed by atoms with E-state index in [0.29, 0.717) is 0 Å². The molecule has 4 heterocycles. The average molecular weight is 492 g/mol. The van der Waals surface area contributed by atoms with Crippen molar-refractivity contribution < 1.29 is 19.4 Å². The number of aliphatic carboxylic acids is 1. The maximum absolute atomic E-state index is 11.7. The van der Waals surface area contributed by atoms with Crippen LogP contribution in [0.5, 0.6) is 0 Å². The average Bonchev–Trinajstić information content (AvgIpc) is 3.36. The number of esters is 1. The summed E-state index contributed by atoms with van der Waals surface area (Å²) in [5.74, 6) is -1.56. The van der Waals surface area contributed by atoms with Crippen LogP contribution in [-0.4, -0.2) is 61.9 Å². The number of H-pyrrole nitrogens is 2. The molecule has 3 N–H and O–H groups in total. The fourth-order valence-corrected chi connectivity index (χ4v) is 3.10. The molecule has 0 saturated carbocycles. The van der Waals surface area contributed by atoms with Gasteiger partial charge in [0.05, 0.1) is 19.3 Å². The number of fused-ring (bicyclic) bond motifs is 2. The van der Waals surface area contributed by atoms with Gasteiger partial charge in [0.1, 0.15) is 13.1 Å². The predicted molar refractivity (Wildman–Crippen MR) is 122 cm³/mol. The Bertz CT molecular complexity index is 1630. The Morgan fingerprint density at radius 3 is 1.71 bits per heavy atom.